The molecule has 0 bridgehead atoms. The molecule has 0 saturated carbocycles. The predicted molar refractivity (Wildman–Crippen MR) is 91.6 cm³/mol. The molecule has 3 aromatic rings. The molecule has 0 aliphatic carbocycles. The zero-order chi connectivity index (χ0) is 16.4. The quantitative estimate of drug-likeness (QED) is 0.696. The Bertz CT molecular complexity index is 775. The molecule has 1 aliphatic rings. The van der Waals surface area contributed by atoms with Gasteiger partial charge in [-0.15, -0.1) is 0 Å². The van der Waals surface area contributed by atoms with Crippen LogP contribution in [0, 0.1) is 0 Å². The molecule has 0 amide bonds. The number of likely N-dealkylation sites (tertiary alicyclic amines) is 1. The lowest BCUT2D eigenvalue weighted by Crippen LogP contribution is -2.22. The van der Waals surface area contributed by atoms with Gasteiger partial charge in [-0.05, 0) is 18.9 Å². The van der Waals surface area contributed by atoms with Crippen molar-refractivity contribution in [3.8, 4) is 0 Å². The molecule has 3 heterocycles. The van der Waals surface area contributed by atoms with E-state index >= 15 is 0 Å². The molecule has 1 unspecified atom stereocenters. The summed E-state index contributed by atoms with van der Waals surface area (Å²) >= 11 is 0. The van der Waals surface area contributed by atoms with Gasteiger partial charge < -0.3 is 4.52 Å². The molecule has 126 valence electrons. The van der Waals surface area contributed by atoms with E-state index in [9.17, 15) is 0 Å². The Labute approximate surface area is 141 Å². The van der Waals surface area contributed by atoms with E-state index in [1.54, 1.807) is 0 Å². The van der Waals surface area contributed by atoms with Crippen molar-refractivity contribution >= 4 is 10.9 Å². The van der Waals surface area contributed by atoms with Crippen molar-refractivity contribution in [2.45, 2.75) is 45.2 Å². The van der Waals surface area contributed by atoms with Gasteiger partial charge in [0.1, 0.15) is 0 Å². The van der Waals surface area contributed by atoms with E-state index in [1.807, 2.05) is 6.07 Å². The van der Waals surface area contributed by atoms with Crippen LogP contribution in [0.2, 0.25) is 0 Å². The molecule has 0 N–H and O–H groups in total. The van der Waals surface area contributed by atoms with Crippen molar-refractivity contribution < 1.29 is 4.52 Å². The maximum Gasteiger partial charge on any atom is 0.226 e. The number of hydrogen-bond acceptors (Lipinski definition) is 5. The van der Waals surface area contributed by atoms with Crippen molar-refractivity contribution in [3.05, 3.63) is 42.2 Å². The van der Waals surface area contributed by atoms with Crippen LogP contribution >= 0.6 is 0 Å². The molecule has 4 rings (SSSR count). The molecule has 6 nitrogen and oxygen atoms in total. The van der Waals surface area contributed by atoms with Gasteiger partial charge in [-0.1, -0.05) is 36.7 Å². The monoisotopic (exact) mass is 325 g/mol. The number of unbranched alkanes of at least 4 members (excludes halogenated alkanes) is 1. The first kappa shape index (κ1) is 15.3. The second kappa shape index (κ2) is 6.73. The van der Waals surface area contributed by atoms with Crippen LogP contribution in [0.15, 0.2) is 35.0 Å². The Balaban J connectivity index is 1.38. The molecule has 1 saturated heterocycles. The van der Waals surface area contributed by atoms with Gasteiger partial charge in [0.25, 0.3) is 0 Å². The zero-order valence-electron chi connectivity index (χ0n) is 14.1. The number of fused-ring (bicyclic) bond motifs is 1. The van der Waals surface area contributed by atoms with E-state index in [-0.39, 0.29) is 0 Å². The Morgan fingerprint density at radius 1 is 1.29 bits per heavy atom. The van der Waals surface area contributed by atoms with Crippen LogP contribution in [-0.4, -0.2) is 37.9 Å². The summed E-state index contributed by atoms with van der Waals surface area (Å²) in [5.41, 5.74) is 1.06. The Hall–Kier alpha value is -2.21. The molecule has 24 heavy (non-hydrogen) atoms. The van der Waals surface area contributed by atoms with Crippen LogP contribution in [0.3, 0.4) is 0 Å². The van der Waals surface area contributed by atoms with E-state index in [0.29, 0.717) is 6.04 Å². The molecule has 1 atom stereocenters. The van der Waals surface area contributed by atoms with Gasteiger partial charge in [0, 0.05) is 31.1 Å². The van der Waals surface area contributed by atoms with E-state index in [4.69, 9.17) is 9.62 Å². The predicted octanol–water partition coefficient (Wildman–Crippen LogP) is 3.21. The minimum absolute atomic E-state index is 0.420. The van der Waals surface area contributed by atoms with E-state index in [1.165, 1.54) is 5.39 Å². The number of aryl methyl sites for hydroxylation is 1. The maximum absolute atomic E-state index is 5.32. The van der Waals surface area contributed by atoms with Crippen LogP contribution in [-0.2, 0) is 13.0 Å². The first-order valence-corrected chi connectivity index (χ1v) is 8.79. The third-order valence-electron chi connectivity index (χ3n) is 4.67. The topological polar surface area (TPSA) is 60.0 Å². The highest BCUT2D eigenvalue weighted by Gasteiger charge is 2.25. The maximum atomic E-state index is 5.32. The molecule has 0 radical (unpaired) electrons. The summed E-state index contributed by atoms with van der Waals surface area (Å²) in [5.74, 6) is 1.56. The summed E-state index contributed by atoms with van der Waals surface area (Å²) in [5, 5.41) is 10.0. The second-order valence-corrected chi connectivity index (χ2v) is 6.55. The summed E-state index contributed by atoms with van der Waals surface area (Å²) in [4.78, 5) is 6.88. The molecule has 2 aromatic heterocycles. The van der Waals surface area contributed by atoms with Gasteiger partial charge in [0.05, 0.1) is 18.1 Å². The van der Waals surface area contributed by atoms with Crippen LogP contribution in [0.25, 0.3) is 10.9 Å². The van der Waals surface area contributed by atoms with Gasteiger partial charge in [-0.2, -0.15) is 10.1 Å². The lowest BCUT2D eigenvalue weighted by Gasteiger charge is -2.13. The van der Waals surface area contributed by atoms with Crippen molar-refractivity contribution in [3.63, 3.8) is 0 Å². The highest BCUT2D eigenvalue weighted by molar-refractivity contribution is 5.77. The number of nitrogens with zero attached hydrogens (tertiary/aromatic N) is 5. The first-order chi connectivity index (χ1) is 11.8. The van der Waals surface area contributed by atoms with Crippen molar-refractivity contribution in [1.82, 2.24) is 24.8 Å². The molecule has 1 aliphatic heterocycles. The Morgan fingerprint density at radius 2 is 2.21 bits per heavy atom. The molecular formula is C18H23N5O. The van der Waals surface area contributed by atoms with Crippen LogP contribution < -0.4 is 0 Å². The minimum Gasteiger partial charge on any atom is -0.339 e. The SMILES string of the molecule is CCCCc1nc(CN2CCC(n3cc4ccccc4n3)C2)no1. The highest BCUT2D eigenvalue weighted by atomic mass is 16.5. The number of benzene rings is 1. The Morgan fingerprint density at radius 3 is 3.08 bits per heavy atom. The molecule has 0 spiro atoms. The fourth-order valence-corrected chi connectivity index (χ4v) is 3.33. The van der Waals surface area contributed by atoms with E-state index in [2.05, 4.69) is 51.0 Å². The molecule has 1 fully saturated rings. The van der Waals surface area contributed by atoms with Crippen LogP contribution in [0.1, 0.15) is 43.9 Å². The minimum atomic E-state index is 0.420. The highest BCUT2D eigenvalue weighted by Crippen LogP contribution is 2.24. The lowest BCUT2D eigenvalue weighted by molar-refractivity contribution is 0.295. The fraction of sp³-hybridized carbons (Fsp3) is 0.500. The van der Waals surface area contributed by atoms with Gasteiger partial charge in [0.15, 0.2) is 5.82 Å². The van der Waals surface area contributed by atoms with E-state index < -0.39 is 0 Å². The summed E-state index contributed by atoms with van der Waals surface area (Å²) in [6.07, 6.45) is 6.38. The van der Waals surface area contributed by atoms with Crippen molar-refractivity contribution in [2.75, 3.05) is 13.1 Å². The standard InChI is InChI=1S/C18H23N5O/c1-2-3-8-18-19-17(21-24-18)13-22-10-9-15(12-22)23-11-14-6-4-5-7-16(14)20-23/h4-7,11,15H,2-3,8-10,12-13H2,1H3. The van der Waals surface area contributed by atoms with Crippen molar-refractivity contribution in [2.24, 2.45) is 0 Å². The van der Waals surface area contributed by atoms with Gasteiger partial charge in [-0.25, -0.2) is 0 Å². The third-order valence-corrected chi connectivity index (χ3v) is 4.67. The number of rotatable bonds is 6. The fourth-order valence-electron chi connectivity index (χ4n) is 3.33. The summed E-state index contributed by atoms with van der Waals surface area (Å²) in [7, 11) is 0. The summed E-state index contributed by atoms with van der Waals surface area (Å²) < 4.78 is 7.44. The van der Waals surface area contributed by atoms with E-state index in [0.717, 1.165) is 62.5 Å². The number of aromatic nitrogens is 4. The first-order valence-electron chi connectivity index (χ1n) is 8.79. The largest absolute Gasteiger partial charge is 0.339 e. The van der Waals surface area contributed by atoms with Gasteiger partial charge in [0.2, 0.25) is 5.89 Å². The number of hydrogen-bond donors (Lipinski definition) is 0. The molecule has 1 aromatic carbocycles. The third kappa shape index (κ3) is 3.19. The van der Waals surface area contributed by atoms with Gasteiger partial charge >= 0.3 is 0 Å². The average molecular weight is 325 g/mol. The second-order valence-electron chi connectivity index (χ2n) is 6.55. The van der Waals surface area contributed by atoms with Gasteiger partial charge in [-0.3, -0.25) is 9.58 Å². The summed E-state index contributed by atoms with van der Waals surface area (Å²) in [6, 6.07) is 8.69. The molecular weight excluding hydrogens is 302 g/mol. The van der Waals surface area contributed by atoms with Crippen LogP contribution in [0.4, 0.5) is 0 Å². The van der Waals surface area contributed by atoms with Crippen molar-refractivity contribution in [1.29, 1.82) is 0 Å². The smallest absolute Gasteiger partial charge is 0.226 e. The zero-order valence-corrected chi connectivity index (χ0v) is 14.1. The van der Waals surface area contributed by atoms with Crippen LogP contribution in [0.5, 0.6) is 0 Å². The average Bonchev–Trinajstić information content (AvgIpc) is 3.32. The molecule has 6 heteroatoms. The normalized spacial score (nSPS) is 18.6. The summed E-state index contributed by atoms with van der Waals surface area (Å²) in [6.45, 7) is 4.94. The Kier molecular flexibility index (Phi) is 4.30. The lowest BCUT2D eigenvalue weighted by atomic mass is 10.2.